The summed E-state index contributed by atoms with van der Waals surface area (Å²) in [5, 5.41) is 0. The van der Waals surface area contributed by atoms with E-state index in [0.29, 0.717) is 12.6 Å². The van der Waals surface area contributed by atoms with Gasteiger partial charge in [-0.05, 0) is 53.9 Å². The van der Waals surface area contributed by atoms with Crippen LogP contribution in [0.1, 0.15) is 85.2 Å². The van der Waals surface area contributed by atoms with Crippen molar-refractivity contribution in [2.75, 3.05) is 24.6 Å². The zero-order valence-electron chi connectivity index (χ0n) is 24.5. The normalized spacial score (nSPS) is 14.5. The maximum atomic E-state index is 12.8. The molecule has 6 nitrogen and oxygen atoms in total. The van der Waals surface area contributed by atoms with Crippen LogP contribution < -0.4 is 9.64 Å². The summed E-state index contributed by atoms with van der Waals surface area (Å²) in [5.74, 6) is 1.91. The highest BCUT2D eigenvalue weighted by Crippen LogP contribution is 2.38. The number of aryl methyl sites for hydroxylation is 1. The van der Waals surface area contributed by atoms with Gasteiger partial charge in [-0.25, -0.2) is 0 Å². The molecular weight excluding hydrogens is 508 g/mol. The molecule has 0 spiro atoms. The second kappa shape index (κ2) is 13.5. The molecule has 1 aliphatic heterocycles. The van der Waals surface area contributed by atoms with Crippen molar-refractivity contribution in [1.29, 1.82) is 0 Å². The minimum absolute atomic E-state index is 0.120. The van der Waals surface area contributed by atoms with Gasteiger partial charge in [-0.3, -0.25) is 4.79 Å². The van der Waals surface area contributed by atoms with Crippen LogP contribution in [0.5, 0.6) is 6.01 Å². The number of hydrogen-bond acceptors (Lipinski definition) is 6. The molecule has 0 radical (unpaired) electrons. The standard InChI is InChI=1S/C33H34N4O2.C2H6/c1-23(25-15-16-28-29(22-25)26-12-6-7-13-27(26)31(28)38)14-17-30-34-32(37-19-8-3-9-20-37)36-33(35-30)39-21-18-24-10-4-2-5-11-24;1-2/h2,4-7,10-13,15-16,22-23H,3,8-9,14,17-21H2,1H3;1-2H3. The first-order chi connectivity index (χ1) is 20.2. The van der Waals surface area contributed by atoms with Gasteiger partial charge in [0.1, 0.15) is 5.82 Å². The van der Waals surface area contributed by atoms with Gasteiger partial charge in [0.05, 0.1) is 6.61 Å². The summed E-state index contributed by atoms with van der Waals surface area (Å²) in [4.78, 5) is 29.3. The van der Waals surface area contributed by atoms with Crippen LogP contribution in [0.25, 0.3) is 11.1 Å². The van der Waals surface area contributed by atoms with Crippen molar-refractivity contribution in [3.8, 4) is 17.1 Å². The predicted molar refractivity (Wildman–Crippen MR) is 165 cm³/mol. The fourth-order valence-electron chi connectivity index (χ4n) is 5.57. The first kappa shape index (κ1) is 28.5. The number of carbonyl (C=O) groups excluding carboxylic acids is 1. The molecule has 1 aromatic heterocycles. The number of piperidine rings is 1. The molecule has 1 unspecified atom stereocenters. The first-order valence-electron chi connectivity index (χ1n) is 15.1. The molecular formula is C35H40N4O2. The topological polar surface area (TPSA) is 68.2 Å². The van der Waals surface area contributed by atoms with E-state index < -0.39 is 0 Å². The molecule has 4 aromatic rings. The van der Waals surface area contributed by atoms with Crippen LogP contribution in [0.4, 0.5) is 5.95 Å². The maximum Gasteiger partial charge on any atom is 0.321 e. The van der Waals surface area contributed by atoms with Gasteiger partial charge >= 0.3 is 6.01 Å². The van der Waals surface area contributed by atoms with Crippen LogP contribution in [0.3, 0.4) is 0 Å². The third-order valence-electron chi connectivity index (χ3n) is 7.87. The monoisotopic (exact) mass is 548 g/mol. The third kappa shape index (κ3) is 6.64. The lowest BCUT2D eigenvalue weighted by molar-refractivity contribution is 0.104. The SMILES string of the molecule is CC.CC(CCc1nc(OCCc2ccccc2)nc(N2CCCCC2)n1)c1ccc2c(c1)-c1ccccc1C2=O. The Morgan fingerprint density at radius 1 is 0.780 bits per heavy atom. The minimum atomic E-state index is 0.120. The second-order valence-corrected chi connectivity index (χ2v) is 10.6. The molecule has 6 rings (SSSR count). The van der Waals surface area contributed by atoms with Crippen molar-refractivity contribution in [2.45, 2.75) is 65.2 Å². The molecule has 212 valence electrons. The van der Waals surface area contributed by atoms with Gasteiger partial charge < -0.3 is 9.64 Å². The fourth-order valence-corrected chi connectivity index (χ4v) is 5.57. The van der Waals surface area contributed by atoms with Gasteiger partial charge in [0.15, 0.2) is 5.78 Å². The Hall–Kier alpha value is -4.06. The predicted octanol–water partition coefficient (Wildman–Crippen LogP) is 7.46. The van der Waals surface area contributed by atoms with Crippen molar-refractivity contribution in [1.82, 2.24) is 15.0 Å². The minimum Gasteiger partial charge on any atom is -0.463 e. The van der Waals surface area contributed by atoms with E-state index in [9.17, 15) is 4.79 Å². The zero-order chi connectivity index (χ0) is 28.6. The summed E-state index contributed by atoms with van der Waals surface area (Å²) in [5.41, 5.74) is 6.13. The molecule has 2 heterocycles. The molecule has 0 amide bonds. The number of carbonyl (C=O) groups is 1. The molecule has 0 N–H and O–H groups in total. The Morgan fingerprint density at radius 2 is 1.49 bits per heavy atom. The molecule has 2 aliphatic rings. The number of rotatable bonds is 9. The molecule has 0 bridgehead atoms. The summed E-state index contributed by atoms with van der Waals surface area (Å²) in [6.45, 7) is 8.70. The van der Waals surface area contributed by atoms with E-state index >= 15 is 0 Å². The molecule has 6 heteroatoms. The Labute approximate surface area is 243 Å². The molecule has 3 aromatic carbocycles. The number of ketones is 1. The van der Waals surface area contributed by atoms with Crippen molar-refractivity contribution in [3.63, 3.8) is 0 Å². The number of ether oxygens (including phenoxy) is 1. The average Bonchev–Trinajstić information content (AvgIpc) is 3.33. The van der Waals surface area contributed by atoms with E-state index in [1.54, 1.807) is 0 Å². The highest BCUT2D eigenvalue weighted by molar-refractivity contribution is 6.21. The van der Waals surface area contributed by atoms with Crippen LogP contribution in [0, 0.1) is 0 Å². The first-order valence-corrected chi connectivity index (χ1v) is 15.1. The lowest BCUT2D eigenvalue weighted by Crippen LogP contribution is -2.31. The van der Waals surface area contributed by atoms with E-state index in [4.69, 9.17) is 19.7 Å². The second-order valence-electron chi connectivity index (χ2n) is 10.6. The van der Waals surface area contributed by atoms with Gasteiger partial charge in [-0.1, -0.05) is 93.6 Å². The number of benzene rings is 3. The maximum absolute atomic E-state index is 12.8. The van der Waals surface area contributed by atoms with E-state index in [1.807, 2.05) is 62.4 Å². The van der Waals surface area contributed by atoms with Gasteiger partial charge in [-0.2, -0.15) is 15.0 Å². The number of fused-ring (bicyclic) bond motifs is 3. The summed E-state index contributed by atoms with van der Waals surface area (Å²) < 4.78 is 6.05. The smallest absolute Gasteiger partial charge is 0.321 e. The van der Waals surface area contributed by atoms with Crippen LogP contribution >= 0.6 is 0 Å². The zero-order valence-corrected chi connectivity index (χ0v) is 24.5. The number of aromatic nitrogens is 3. The molecule has 1 atom stereocenters. The molecule has 0 saturated carbocycles. The summed E-state index contributed by atoms with van der Waals surface area (Å²) in [7, 11) is 0. The summed E-state index contributed by atoms with van der Waals surface area (Å²) in [6, 6.07) is 24.9. The number of anilines is 1. The van der Waals surface area contributed by atoms with Gasteiger partial charge in [-0.15, -0.1) is 0 Å². The highest BCUT2D eigenvalue weighted by Gasteiger charge is 2.27. The van der Waals surface area contributed by atoms with E-state index in [1.165, 1.54) is 17.5 Å². The van der Waals surface area contributed by atoms with Gasteiger partial charge in [0.25, 0.3) is 0 Å². The average molecular weight is 549 g/mol. The van der Waals surface area contributed by atoms with Crippen molar-refractivity contribution in [2.24, 2.45) is 0 Å². The van der Waals surface area contributed by atoms with Crippen molar-refractivity contribution in [3.05, 3.63) is 101 Å². The molecule has 1 saturated heterocycles. The third-order valence-corrected chi connectivity index (χ3v) is 7.87. The molecule has 1 aliphatic carbocycles. The van der Waals surface area contributed by atoms with Crippen molar-refractivity contribution >= 4 is 11.7 Å². The van der Waals surface area contributed by atoms with E-state index in [-0.39, 0.29) is 11.7 Å². The largest absolute Gasteiger partial charge is 0.463 e. The van der Waals surface area contributed by atoms with Crippen LogP contribution in [0.2, 0.25) is 0 Å². The van der Waals surface area contributed by atoms with Crippen LogP contribution in [-0.4, -0.2) is 40.4 Å². The molecule has 41 heavy (non-hydrogen) atoms. The Balaban J connectivity index is 0.00000165. The lowest BCUT2D eigenvalue weighted by atomic mass is 9.92. The Kier molecular flexibility index (Phi) is 9.40. The van der Waals surface area contributed by atoms with Crippen molar-refractivity contribution < 1.29 is 9.53 Å². The highest BCUT2D eigenvalue weighted by atomic mass is 16.5. The Bertz CT molecular complexity index is 1460. The van der Waals surface area contributed by atoms with Crippen LogP contribution in [0.15, 0.2) is 72.8 Å². The lowest BCUT2D eigenvalue weighted by Gasteiger charge is -2.27. The molecule has 1 fully saturated rings. The number of nitrogens with zero attached hydrogens (tertiary/aromatic N) is 4. The number of hydrogen-bond donors (Lipinski definition) is 0. The van der Waals surface area contributed by atoms with Crippen LogP contribution in [-0.2, 0) is 12.8 Å². The van der Waals surface area contributed by atoms with Gasteiger partial charge in [0.2, 0.25) is 5.95 Å². The Morgan fingerprint density at radius 3 is 2.27 bits per heavy atom. The quantitative estimate of drug-likeness (QED) is 0.190. The van der Waals surface area contributed by atoms with E-state index in [2.05, 4.69) is 36.1 Å². The summed E-state index contributed by atoms with van der Waals surface area (Å²) >= 11 is 0. The van der Waals surface area contributed by atoms with E-state index in [0.717, 1.165) is 79.2 Å². The van der Waals surface area contributed by atoms with Gasteiger partial charge in [0, 0.05) is 37.1 Å². The fraction of sp³-hybridized carbons (Fsp3) is 0.371. The summed E-state index contributed by atoms with van der Waals surface area (Å²) in [6.07, 6.45) is 6.00.